The number of fused-ring (bicyclic) bond motifs is 1. The molecular formula is C14H20BrNO. The van der Waals surface area contributed by atoms with Crippen molar-refractivity contribution in [2.45, 2.75) is 39.2 Å². The molecule has 0 radical (unpaired) electrons. The molecule has 0 fully saturated rings. The molecule has 1 atom stereocenters. The van der Waals surface area contributed by atoms with Crippen LogP contribution in [-0.4, -0.2) is 6.61 Å². The molecule has 1 unspecified atom stereocenters. The second-order valence-electron chi connectivity index (χ2n) is 4.68. The van der Waals surface area contributed by atoms with E-state index in [2.05, 4.69) is 41.9 Å². The zero-order chi connectivity index (χ0) is 12.4. The number of hydrogen-bond acceptors (Lipinski definition) is 2. The van der Waals surface area contributed by atoms with Crippen LogP contribution in [0.15, 0.2) is 16.6 Å². The van der Waals surface area contributed by atoms with Crippen molar-refractivity contribution in [1.82, 2.24) is 0 Å². The molecule has 1 aromatic rings. The summed E-state index contributed by atoms with van der Waals surface area (Å²) in [6.07, 6.45) is 3.22. The Labute approximate surface area is 112 Å². The summed E-state index contributed by atoms with van der Waals surface area (Å²) in [6.45, 7) is 5.19. The third-order valence-electron chi connectivity index (χ3n) is 3.69. The fraction of sp³-hybridized carbons (Fsp3) is 0.571. The Morgan fingerprint density at radius 3 is 2.71 bits per heavy atom. The predicted octanol–water partition coefficient (Wildman–Crippen LogP) is 3.82. The lowest BCUT2D eigenvalue weighted by molar-refractivity contribution is 0.339. The standard InChI is InChI=1S/C14H20BrNO/c1-3-9(4-2)13(16)12-8-11(15)7-10-5-6-17-14(10)12/h7-9,13H,3-6,16H2,1-2H3. The minimum Gasteiger partial charge on any atom is -0.493 e. The van der Waals surface area contributed by atoms with Gasteiger partial charge in [0.2, 0.25) is 0 Å². The molecule has 2 N–H and O–H groups in total. The number of ether oxygens (including phenoxy) is 1. The van der Waals surface area contributed by atoms with Crippen LogP contribution in [0.1, 0.15) is 43.9 Å². The SMILES string of the molecule is CCC(CC)C(N)c1cc(Br)cc2c1OCC2. The van der Waals surface area contributed by atoms with Crippen LogP contribution in [0, 0.1) is 5.92 Å². The molecule has 0 bridgehead atoms. The van der Waals surface area contributed by atoms with Crippen molar-refractivity contribution in [1.29, 1.82) is 0 Å². The van der Waals surface area contributed by atoms with Gasteiger partial charge in [-0.25, -0.2) is 0 Å². The van der Waals surface area contributed by atoms with E-state index in [1.54, 1.807) is 0 Å². The number of hydrogen-bond donors (Lipinski definition) is 1. The maximum Gasteiger partial charge on any atom is 0.127 e. The Morgan fingerprint density at radius 2 is 2.06 bits per heavy atom. The van der Waals surface area contributed by atoms with Gasteiger partial charge in [0.05, 0.1) is 6.61 Å². The highest BCUT2D eigenvalue weighted by Crippen LogP contribution is 2.39. The summed E-state index contributed by atoms with van der Waals surface area (Å²) in [5, 5.41) is 0. The molecule has 0 spiro atoms. The molecule has 0 aliphatic carbocycles. The molecule has 0 saturated carbocycles. The van der Waals surface area contributed by atoms with E-state index in [0.717, 1.165) is 36.1 Å². The van der Waals surface area contributed by atoms with Gasteiger partial charge in [0.15, 0.2) is 0 Å². The first kappa shape index (κ1) is 12.9. The van der Waals surface area contributed by atoms with E-state index in [9.17, 15) is 0 Å². The van der Waals surface area contributed by atoms with Crippen LogP contribution < -0.4 is 10.5 Å². The smallest absolute Gasteiger partial charge is 0.127 e. The minimum absolute atomic E-state index is 0.0781. The first-order valence-electron chi connectivity index (χ1n) is 6.38. The van der Waals surface area contributed by atoms with Gasteiger partial charge in [-0.1, -0.05) is 42.6 Å². The van der Waals surface area contributed by atoms with E-state index in [1.165, 1.54) is 11.1 Å². The topological polar surface area (TPSA) is 35.2 Å². The molecule has 2 rings (SSSR count). The van der Waals surface area contributed by atoms with Gasteiger partial charge in [0, 0.05) is 22.5 Å². The van der Waals surface area contributed by atoms with E-state index in [4.69, 9.17) is 10.5 Å². The zero-order valence-electron chi connectivity index (χ0n) is 10.5. The van der Waals surface area contributed by atoms with Gasteiger partial charge in [-0.05, 0) is 23.6 Å². The Morgan fingerprint density at radius 1 is 1.35 bits per heavy atom. The van der Waals surface area contributed by atoms with E-state index in [0.29, 0.717) is 5.92 Å². The average molecular weight is 298 g/mol. The molecule has 94 valence electrons. The van der Waals surface area contributed by atoms with E-state index >= 15 is 0 Å². The normalized spacial score (nSPS) is 15.8. The summed E-state index contributed by atoms with van der Waals surface area (Å²) in [5.41, 5.74) is 8.86. The van der Waals surface area contributed by atoms with Crippen molar-refractivity contribution in [2.24, 2.45) is 11.7 Å². The lowest BCUT2D eigenvalue weighted by Gasteiger charge is -2.23. The molecule has 1 heterocycles. The molecular weight excluding hydrogens is 278 g/mol. The molecule has 17 heavy (non-hydrogen) atoms. The van der Waals surface area contributed by atoms with Gasteiger partial charge in [0.1, 0.15) is 5.75 Å². The van der Waals surface area contributed by atoms with Crippen LogP contribution in [0.3, 0.4) is 0 Å². The van der Waals surface area contributed by atoms with Crippen molar-refractivity contribution >= 4 is 15.9 Å². The number of rotatable bonds is 4. The summed E-state index contributed by atoms with van der Waals surface area (Å²) < 4.78 is 6.85. The van der Waals surface area contributed by atoms with E-state index < -0.39 is 0 Å². The molecule has 1 aliphatic rings. The quantitative estimate of drug-likeness (QED) is 0.917. The molecule has 0 amide bonds. The Balaban J connectivity index is 2.38. The molecule has 0 aromatic heterocycles. The first-order valence-corrected chi connectivity index (χ1v) is 7.17. The van der Waals surface area contributed by atoms with Crippen molar-refractivity contribution in [3.8, 4) is 5.75 Å². The highest BCUT2D eigenvalue weighted by molar-refractivity contribution is 9.10. The fourth-order valence-electron chi connectivity index (χ4n) is 2.60. The highest BCUT2D eigenvalue weighted by Gasteiger charge is 2.24. The minimum atomic E-state index is 0.0781. The Hall–Kier alpha value is -0.540. The monoisotopic (exact) mass is 297 g/mol. The van der Waals surface area contributed by atoms with Crippen LogP contribution in [0.4, 0.5) is 0 Å². The Kier molecular flexibility index (Phi) is 4.10. The maximum absolute atomic E-state index is 6.40. The molecule has 2 nitrogen and oxygen atoms in total. The number of nitrogens with two attached hydrogens (primary N) is 1. The third kappa shape index (κ3) is 2.50. The summed E-state index contributed by atoms with van der Waals surface area (Å²) in [7, 11) is 0. The third-order valence-corrected chi connectivity index (χ3v) is 4.15. The number of halogens is 1. The molecule has 1 aromatic carbocycles. The molecule has 0 saturated heterocycles. The van der Waals surface area contributed by atoms with Crippen molar-refractivity contribution in [2.75, 3.05) is 6.61 Å². The highest BCUT2D eigenvalue weighted by atomic mass is 79.9. The lowest BCUT2D eigenvalue weighted by atomic mass is 9.88. The number of benzene rings is 1. The summed E-state index contributed by atoms with van der Waals surface area (Å²) in [6, 6.07) is 4.34. The molecule has 1 aliphatic heterocycles. The van der Waals surface area contributed by atoms with Gasteiger partial charge in [-0.3, -0.25) is 0 Å². The fourth-order valence-corrected chi connectivity index (χ4v) is 3.12. The second-order valence-corrected chi connectivity index (χ2v) is 5.60. The predicted molar refractivity (Wildman–Crippen MR) is 74.3 cm³/mol. The van der Waals surface area contributed by atoms with Crippen LogP contribution in [0.25, 0.3) is 0 Å². The van der Waals surface area contributed by atoms with Crippen molar-refractivity contribution in [3.63, 3.8) is 0 Å². The second kappa shape index (κ2) is 5.40. The van der Waals surface area contributed by atoms with Gasteiger partial charge < -0.3 is 10.5 Å². The van der Waals surface area contributed by atoms with Crippen LogP contribution in [-0.2, 0) is 6.42 Å². The molecule has 3 heteroatoms. The van der Waals surface area contributed by atoms with Crippen LogP contribution in [0.2, 0.25) is 0 Å². The van der Waals surface area contributed by atoms with E-state index in [-0.39, 0.29) is 6.04 Å². The summed E-state index contributed by atoms with van der Waals surface area (Å²) in [5.74, 6) is 1.56. The summed E-state index contributed by atoms with van der Waals surface area (Å²) in [4.78, 5) is 0. The van der Waals surface area contributed by atoms with E-state index in [1.807, 2.05) is 0 Å². The average Bonchev–Trinajstić information content (AvgIpc) is 2.77. The first-order chi connectivity index (χ1) is 8.17. The van der Waals surface area contributed by atoms with Crippen LogP contribution in [0.5, 0.6) is 5.75 Å². The zero-order valence-corrected chi connectivity index (χ0v) is 12.1. The van der Waals surface area contributed by atoms with Crippen LogP contribution >= 0.6 is 15.9 Å². The van der Waals surface area contributed by atoms with Gasteiger partial charge in [0.25, 0.3) is 0 Å². The van der Waals surface area contributed by atoms with Crippen molar-refractivity contribution < 1.29 is 4.74 Å². The van der Waals surface area contributed by atoms with Gasteiger partial charge in [-0.15, -0.1) is 0 Å². The maximum atomic E-state index is 6.40. The summed E-state index contributed by atoms with van der Waals surface area (Å²) >= 11 is 3.57. The largest absolute Gasteiger partial charge is 0.493 e. The van der Waals surface area contributed by atoms with Gasteiger partial charge in [-0.2, -0.15) is 0 Å². The lowest BCUT2D eigenvalue weighted by Crippen LogP contribution is -2.21. The Bertz CT molecular complexity index is 401. The van der Waals surface area contributed by atoms with Crippen molar-refractivity contribution in [3.05, 3.63) is 27.7 Å². The van der Waals surface area contributed by atoms with Gasteiger partial charge >= 0.3 is 0 Å².